The van der Waals surface area contributed by atoms with Gasteiger partial charge in [0.05, 0.1) is 6.61 Å². The van der Waals surface area contributed by atoms with Gasteiger partial charge in [0.2, 0.25) is 11.8 Å². The third-order valence-corrected chi connectivity index (χ3v) is 6.19. The van der Waals surface area contributed by atoms with Crippen LogP contribution in [0, 0.1) is 5.92 Å². The molecule has 1 aliphatic carbocycles. The monoisotopic (exact) mass is 385 g/mol. The molecule has 0 aromatic heterocycles. The van der Waals surface area contributed by atoms with Crippen LogP contribution in [0.1, 0.15) is 50.2 Å². The SMILES string of the molecule is CC(=O)NC[C@H]1CC[C@@H](CC(=O)NCc2ccc3c(c2)CCO3)N1CC1CC1. The second kappa shape index (κ2) is 8.52. The number of carbonyl (C=O) groups is 2. The molecule has 2 atom stereocenters. The minimum Gasteiger partial charge on any atom is -0.493 e. The van der Waals surface area contributed by atoms with E-state index in [1.165, 1.54) is 18.4 Å². The Balaban J connectivity index is 1.29. The van der Waals surface area contributed by atoms with Gasteiger partial charge in [-0.25, -0.2) is 0 Å². The van der Waals surface area contributed by atoms with Crippen molar-refractivity contribution in [1.29, 1.82) is 0 Å². The summed E-state index contributed by atoms with van der Waals surface area (Å²) < 4.78 is 5.54. The Morgan fingerprint density at radius 2 is 1.96 bits per heavy atom. The van der Waals surface area contributed by atoms with Crippen LogP contribution in [0.4, 0.5) is 0 Å². The molecule has 1 aromatic rings. The maximum atomic E-state index is 12.6. The van der Waals surface area contributed by atoms with Gasteiger partial charge in [0, 0.05) is 51.5 Å². The highest BCUT2D eigenvalue weighted by Gasteiger charge is 2.37. The van der Waals surface area contributed by atoms with Crippen molar-refractivity contribution >= 4 is 11.8 Å². The predicted molar refractivity (Wildman–Crippen MR) is 107 cm³/mol. The van der Waals surface area contributed by atoms with E-state index < -0.39 is 0 Å². The van der Waals surface area contributed by atoms with Gasteiger partial charge in [0.25, 0.3) is 0 Å². The van der Waals surface area contributed by atoms with Crippen molar-refractivity contribution in [2.24, 2.45) is 5.92 Å². The van der Waals surface area contributed by atoms with Crippen LogP contribution in [-0.4, -0.2) is 48.5 Å². The molecule has 4 rings (SSSR count). The number of hydrogen-bond donors (Lipinski definition) is 2. The van der Waals surface area contributed by atoms with Crippen LogP contribution in [0.3, 0.4) is 0 Å². The number of carbonyl (C=O) groups excluding carboxylic acids is 2. The lowest BCUT2D eigenvalue weighted by Gasteiger charge is -2.30. The van der Waals surface area contributed by atoms with Crippen molar-refractivity contribution < 1.29 is 14.3 Å². The van der Waals surface area contributed by atoms with E-state index in [2.05, 4.69) is 21.6 Å². The molecule has 2 fully saturated rings. The van der Waals surface area contributed by atoms with E-state index in [4.69, 9.17) is 4.74 Å². The number of nitrogens with one attached hydrogen (secondary N) is 2. The number of amides is 2. The zero-order chi connectivity index (χ0) is 19.5. The van der Waals surface area contributed by atoms with Crippen LogP contribution in [0.2, 0.25) is 0 Å². The van der Waals surface area contributed by atoms with E-state index in [0.717, 1.165) is 49.6 Å². The molecule has 0 radical (unpaired) electrons. The lowest BCUT2D eigenvalue weighted by atomic mass is 10.1. The third-order valence-electron chi connectivity index (χ3n) is 6.19. The molecule has 6 heteroatoms. The van der Waals surface area contributed by atoms with E-state index in [-0.39, 0.29) is 17.9 Å². The van der Waals surface area contributed by atoms with E-state index in [9.17, 15) is 9.59 Å². The lowest BCUT2D eigenvalue weighted by molar-refractivity contribution is -0.122. The molecule has 1 aromatic carbocycles. The first-order valence-corrected chi connectivity index (χ1v) is 10.6. The van der Waals surface area contributed by atoms with Gasteiger partial charge in [-0.3, -0.25) is 14.5 Å². The van der Waals surface area contributed by atoms with Crippen molar-refractivity contribution in [3.8, 4) is 5.75 Å². The quantitative estimate of drug-likeness (QED) is 0.718. The Kier molecular flexibility index (Phi) is 5.85. The molecule has 0 bridgehead atoms. The first kappa shape index (κ1) is 19.2. The maximum Gasteiger partial charge on any atom is 0.221 e. The summed E-state index contributed by atoms with van der Waals surface area (Å²) in [4.78, 5) is 26.4. The average molecular weight is 386 g/mol. The number of fused-ring (bicyclic) bond motifs is 1. The second-order valence-corrected chi connectivity index (χ2v) is 8.48. The molecule has 2 amide bonds. The molecule has 0 spiro atoms. The van der Waals surface area contributed by atoms with Gasteiger partial charge in [-0.05, 0) is 48.8 Å². The number of likely N-dealkylation sites (tertiary alicyclic amines) is 1. The first-order valence-electron chi connectivity index (χ1n) is 10.6. The molecule has 2 N–H and O–H groups in total. The molecule has 2 heterocycles. The summed E-state index contributed by atoms with van der Waals surface area (Å²) in [5.41, 5.74) is 2.36. The Bertz CT molecular complexity index is 732. The fraction of sp³-hybridized carbons (Fsp3) is 0.636. The zero-order valence-corrected chi connectivity index (χ0v) is 16.7. The Labute approximate surface area is 167 Å². The van der Waals surface area contributed by atoms with E-state index in [1.807, 2.05) is 12.1 Å². The molecule has 28 heavy (non-hydrogen) atoms. The molecule has 1 saturated heterocycles. The molecular formula is C22H31N3O3. The highest BCUT2D eigenvalue weighted by Crippen LogP contribution is 2.35. The second-order valence-electron chi connectivity index (χ2n) is 8.48. The van der Waals surface area contributed by atoms with Gasteiger partial charge < -0.3 is 15.4 Å². The van der Waals surface area contributed by atoms with Gasteiger partial charge in [-0.15, -0.1) is 0 Å². The minimum absolute atomic E-state index is 0.0207. The zero-order valence-electron chi connectivity index (χ0n) is 16.7. The van der Waals surface area contributed by atoms with Crippen LogP contribution in [0.5, 0.6) is 5.75 Å². The first-order chi connectivity index (χ1) is 13.6. The highest BCUT2D eigenvalue weighted by molar-refractivity contribution is 5.76. The van der Waals surface area contributed by atoms with Gasteiger partial charge in [0.1, 0.15) is 5.75 Å². The molecule has 152 valence electrons. The lowest BCUT2D eigenvalue weighted by Crippen LogP contribution is -2.45. The van der Waals surface area contributed by atoms with Gasteiger partial charge in [-0.1, -0.05) is 12.1 Å². The van der Waals surface area contributed by atoms with Crippen LogP contribution in [0.25, 0.3) is 0 Å². The Morgan fingerprint density at radius 3 is 2.75 bits per heavy atom. The fourth-order valence-electron chi connectivity index (χ4n) is 4.45. The molecule has 0 unspecified atom stereocenters. The molecule has 3 aliphatic rings. The van der Waals surface area contributed by atoms with Crippen molar-refractivity contribution in [2.45, 2.75) is 64.1 Å². The van der Waals surface area contributed by atoms with Crippen LogP contribution >= 0.6 is 0 Å². The Morgan fingerprint density at radius 1 is 1.14 bits per heavy atom. The summed E-state index contributed by atoms with van der Waals surface area (Å²) in [6, 6.07) is 6.82. The molecule has 1 saturated carbocycles. The van der Waals surface area contributed by atoms with Crippen LogP contribution in [-0.2, 0) is 22.6 Å². The van der Waals surface area contributed by atoms with Crippen molar-refractivity contribution in [3.63, 3.8) is 0 Å². The van der Waals surface area contributed by atoms with Crippen molar-refractivity contribution in [1.82, 2.24) is 15.5 Å². The number of ether oxygens (including phenoxy) is 1. The summed E-state index contributed by atoms with van der Waals surface area (Å²) >= 11 is 0. The topological polar surface area (TPSA) is 70.7 Å². The molecule has 2 aliphatic heterocycles. The summed E-state index contributed by atoms with van der Waals surface area (Å²) in [6.07, 6.45) is 6.16. The largest absolute Gasteiger partial charge is 0.493 e. The highest BCUT2D eigenvalue weighted by atomic mass is 16.5. The molecule has 6 nitrogen and oxygen atoms in total. The third kappa shape index (κ3) is 4.85. The Hall–Kier alpha value is -2.08. The van der Waals surface area contributed by atoms with Crippen molar-refractivity contribution in [3.05, 3.63) is 29.3 Å². The average Bonchev–Trinajstić information content (AvgIpc) is 3.24. The summed E-state index contributed by atoms with van der Waals surface area (Å²) in [5, 5.41) is 6.06. The van der Waals surface area contributed by atoms with Gasteiger partial charge in [0.15, 0.2) is 0 Å². The number of nitrogens with zero attached hydrogens (tertiary/aromatic N) is 1. The molecular weight excluding hydrogens is 354 g/mol. The number of benzene rings is 1. The van der Waals surface area contributed by atoms with E-state index >= 15 is 0 Å². The maximum absolute atomic E-state index is 12.6. The normalized spacial score (nSPS) is 23.9. The fourth-order valence-corrected chi connectivity index (χ4v) is 4.45. The van der Waals surface area contributed by atoms with Gasteiger partial charge in [-0.2, -0.15) is 0 Å². The number of hydrogen-bond acceptors (Lipinski definition) is 4. The smallest absolute Gasteiger partial charge is 0.221 e. The van der Waals surface area contributed by atoms with Crippen LogP contribution in [0.15, 0.2) is 18.2 Å². The summed E-state index contributed by atoms with van der Waals surface area (Å²) in [5.74, 6) is 1.88. The summed E-state index contributed by atoms with van der Waals surface area (Å²) in [6.45, 7) is 4.64. The van der Waals surface area contributed by atoms with E-state index in [1.54, 1.807) is 6.92 Å². The standard InChI is InChI=1S/C22H31N3O3/c1-15(26)23-13-20-6-5-19(25(20)14-16-2-3-16)11-22(27)24-12-17-4-7-21-18(10-17)8-9-28-21/h4,7,10,16,19-20H,2-3,5-6,8-9,11-14H2,1H3,(H,23,26)(H,24,27)/t19-,20+/m0/s1. The van der Waals surface area contributed by atoms with Crippen molar-refractivity contribution in [2.75, 3.05) is 19.7 Å². The van der Waals surface area contributed by atoms with Gasteiger partial charge >= 0.3 is 0 Å². The number of rotatable bonds is 8. The predicted octanol–water partition coefficient (Wildman–Crippen LogP) is 2.01. The van der Waals surface area contributed by atoms with E-state index in [0.29, 0.717) is 25.6 Å². The minimum atomic E-state index is 0.0207. The summed E-state index contributed by atoms with van der Waals surface area (Å²) in [7, 11) is 0. The van der Waals surface area contributed by atoms with Crippen LogP contribution < -0.4 is 15.4 Å².